The average molecular weight is 379 g/mol. The largest absolute Gasteiger partial charge is 0.343 e. The molecule has 1 fully saturated rings. The molecule has 0 spiro atoms. The number of nitrogens with zero attached hydrogens (tertiary/aromatic N) is 1. The monoisotopic (exact) mass is 378 g/mol. The molecule has 2 heterocycles. The van der Waals surface area contributed by atoms with Crippen molar-refractivity contribution in [2.45, 2.75) is 35.9 Å². The molecule has 2 aromatic rings. The van der Waals surface area contributed by atoms with Crippen molar-refractivity contribution in [2.75, 3.05) is 13.1 Å². The predicted octanol–water partition coefficient (Wildman–Crippen LogP) is 2.65. The van der Waals surface area contributed by atoms with Gasteiger partial charge in [0, 0.05) is 25.6 Å². The first kappa shape index (κ1) is 18.1. The SMILES string of the molecule is O=C(CCc1ccccc1)N1CCC(NS(=O)(=O)c2cccs2)CC1. The molecule has 0 atom stereocenters. The highest BCUT2D eigenvalue weighted by Crippen LogP contribution is 2.19. The van der Waals surface area contributed by atoms with Gasteiger partial charge in [-0.3, -0.25) is 4.79 Å². The Morgan fingerprint density at radius 2 is 1.84 bits per heavy atom. The first-order valence-electron chi connectivity index (χ1n) is 8.42. The Kier molecular flexibility index (Phi) is 5.88. The molecule has 1 aromatic heterocycles. The molecular formula is C18H22N2O3S2. The number of likely N-dealkylation sites (tertiary alicyclic amines) is 1. The minimum Gasteiger partial charge on any atom is -0.343 e. The third-order valence-electron chi connectivity index (χ3n) is 4.40. The Bertz CT molecular complexity index is 781. The maximum atomic E-state index is 12.3. The van der Waals surface area contributed by atoms with Crippen molar-refractivity contribution in [1.82, 2.24) is 9.62 Å². The van der Waals surface area contributed by atoms with E-state index < -0.39 is 10.0 Å². The summed E-state index contributed by atoms with van der Waals surface area (Å²) >= 11 is 1.21. The van der Waals surface area contributed by atoms with Crippen molar-refractivity contribution >= 4 is 27.3 Å². The second kappa shape index (κ2) is 8.12. The van der Waals surface area contributed by atoms with E-state index in [1.54, 1.807) is 17.5 Å². The van der Waals surface area contributed by atoms with Crippen LogP contribution in [-0.2, 0) is 21.2 Å². The first-order chi connectivity index (χ1) is 12.0. The molecule has 1 aliphatic heterocycles. The second-order valence-electron chi connectivity index (χ2n) is 6.19. The van der Waals surface area contributed by atoms with Crippen molar-refractivity contribution in [3.05, 3.63) is 53.4 Å². The van der Waals surface area contributed by atoms with Crippen LogP contribution in [0.4, 0.5) is 0 Å². The van der Waals surface area contributed by atoms with Gasteiger partial charge in [-0.05, 0) is 36.3 Å². The Morgan fingerprint density at radius 3 is 2.48 bits per heavy atom. The van der Waals surface area contributed by atoms with E-state index in [1.165, 1.54) is 11.3 Å². The minimum atomic E-state index is -3.44. The van der Waals surface area contributed by atoms with Crippen LogP contribution >= 0.6 is 11.3 Å². The molecule has 1 saturated heterocycles. The molecule has 134 valence electrons. The fourth-order valence-corrected chi connectivity index (χ4v) is 5.31. The number of hydrogen-bond donors (Lipinski definition) is 1. The van der Waals surface area contributed by atoms with Gasteiger partial charge < -0.3 is 4.90 Å². The zero-order valence-electron chi connectivity index (χ0n) is 13.9. The van der Waals surface area contributed by atoms with Crippen LogP contribution in [0.5, 0.6) is 0 Å². The van der Waals surface area contributed by atoms with E-state index in [1.807, 2.05) is 35.2 Å². The van der Waals surface area contributed by atoms with Crippen LogP contribution in [0.2, 0.25) is 0 Å². The predicted molar refractivity (Wildman–Crippen MR) is 99.0 cm³/mol. The standard InChI is InChI=1S/C18H22N2O3S2/c21-17(9-8-15-5-2-1-3-6-15)20-12-10-16(11-13-20)19-25(22,23)18-7-4-14-24-18/h1-7,14,16,19H,8-13H2. The Balaban J connectivity index is 1.46. The van der Waals surface area contributed by atoms with Gasteiger partial charge in [-0.2, -0.15) is 0 Å². The molecule has 3 rings (SSSR count). The smallest absolute Gasteiger partial charge is 0.250 e. The topological polar surface area (TPSA) is 66.5 Å². The number of rotatable bonds is 6. The molecule has 1 aliphatic rings. The van der Waals surface area contributed by atoms with E-state index in [9.17, 15) is 13.2 Å². The zero-order chi connectivity index (χ0) is 17.7. The lowest BCUT2D eigenvalue weighted by Gasteiger charge is -2.32. The molecule has 1 aromatic carbocycles. The summed E-state index contributed by atoms with van der Waals surface area (Å²) in [6.45, 7) is 1.20. The first-order valence-corrected chi connectivity index (χ1v) is 10.8. The zero-order valence-corrected chi connectivity index (χ0v) is 15.6. The van der Waals surface area contributed by atoms with Gasteiger partial charge >= 0.3 is 0 Å². The maximum absolute atomic E-state index is 12.3. The van der Waals surface area contributed by atoms with E-state index in [0.29, 0.717) is 36.6 Å². The Morgan fingerprint density at radius 1 is 1.12 bits per heavy atom. The van der Waals surface area contributed by atoms with E-state index in [2.05, 4.69) is 4.72 Å². The van der Waals surface area contributed by atoms with Crippen LogP contribution in [0.25, 0.3) is 0 Å². The molecule has 0 unspecified atom stereocenters. The van der Waals surface area contributed by atoms with Gasteiger partial charge in [0.1, 0.15) is 4.21 Å². The molecule has 0 bridgehead atoms. The highest BCUT2D eigenvalue weighted by molar-refractivity contribution is 7.91. The van der Waals surface area contributed by atoms with Crippen LogP contribution in [0.3, 0.4) is 0 Å². The van der Waals surface area contributed by atoms with E-state index in [-0.39, 0.29) is 11.9 Å². The number of benzene rings is 1. The van der Waals surface area contributed by atoms with Crippen molar-refractivity contribution in [1.29, 1.82) is 0 Å². The lowest BCUT2D eigenvalue weighted by Crippen LogP contribution is -2.46. The van der Waals surface area contributed by atoms with Gasteiger partial charge in [0.05, 0.1) is 0 Å². The maximum Gasteiger partial charge on any atom is 0.250 e. The van der Waals surface area contributed by atoms with Gasteiger partial charge in [0.2, 0.25) is 15.9 Å². The van der Waals surface area contributed by atoms with Crippen molar-refractivity contribution in [3.8, 4) is 0 Å². The molecule has 25 heavy (non-hydrogen) atoms. The van der Waals surface area contributed by atoms with Gasteiger partial charge in [0.25, 0.3) is 0 Å². The van der Waals surface area contributed by atoms with Gasteiger partial charge in [-0.1, -0.05) is 36.4 Å². The molecular weight excluding hydrogens is 356 g/mol. The summed E-state index contributed by atoms with van der Waals surface area (Å²) in [5.41, 5.74) is 1.16. The van der Waals surface area contributed by atoms with Crippen molar-refractivity contribution in [2.24, 2.45) is 0 Å². The molecule has 1 amide bonds. The number of nitrogens with one attached hydrogen (secondary N) is 1. The number of amides is 1. The minimum absolute atomic E-state index is 0.106. The quantitative estimate of drug-likeness (QED) is 0.840. The highest BCUT2D eigenvalue weighted by Gasteiger charge is 2.26. The van der Waals surface area contributed by atoms with Crippen molar-refractivity contribution < 1.29 is 13.2 Å². The Labute approximate surface area is 152 Å². The molecule has 0 saturated carbocycles. The summed E-state index contributed by atoms with van der Waals surface area (Å²) < 4.78 is 27.6. The summed E-state index contributed by atoms with van der Waals surface area (Å²) in [6, 6.07) is 13.2. The normalized spacial score (nSPS) is 16.1. The summed E-state index contributed by atoms with van der Waals surface area (Å²) in [6.07, 6.45) is 2.55. The number of sulfonamides is 1. The number of carbonyl (C=O) groups excluding carboxylic acids is 1. The third-order valence-corrected chi connectivity index (χ3v) is 7.32. The van der Waals surface area contributed by atoms with Crippen molar-refractivity contribution in [3.63, 3.8) is 0 Å². The summed E-state index contributed by atoms with van der Waals surface area (Å²) in [5.74, 6) is 0.142. The summed E-state index contributed by atoms with van der Waals surface area (Å²) in [4.78, 5) is 14.2. The lowest BCUT2D eigenvalue weighted by atomic mass is 10.0. The molecule has 7 heteroatoms. The number of carbonyl (C=O) groups is 1. The number of hydrogen-bond acceptors (Lipinski definition) is 4. The molecule has 0 radical (unpaired) electrons. The van der Waals surface area contributed by atoms with E-state index >= 15 is 0 Å². The van der Waals surface area contributed by atoms with Crippen LogP contribution < -0.4 is 4.72 Å². The summed E-state index contributed by atoms with van der Waals surface area (Å²) in [5, 5.41) is 1.75. The van der Waals surface area contributed by atoms with E-state index in [0.717, 1.165) is 12.0 Å². The fraction of sp³-hybridized carbons (Fsp3) is 0.389. The Hall–Kier alpha value is -1.70. The number of thiophene rings is 1. The van der Waals surface area contributed by atoms with Gasteiger partial charge in [-0.15, -0.1) is 11.3 Å². The highest BCUT2D eigenvalue weighted by atomic mass is 32.2. The van der Waals surface area contributed by atoms with Gasteiger partial charge in [-0.25, -0.2) is 13.1 Å². The molecule has 0 aliphatic carbocycles. The van der Waals surface area contributed by atoms with Crippen LogP contribution in [0, 0.1) is 0 Å². The molecule has 1 N–H and O–H groups in total. The van der Waals surface area contributed by atoms with Crippen LogP contribution in [0.1, 0.15) is 24.8 Å². The van der Waals surface area contributed by atoms with Crippen LogP contribution in [-0.4, -0.2) is 38.4 Å². The second-order valence-corrected chi connectivity index (χ2v) is 9.08. The third kappa shape index (κ3) is 4.90. The van der Waals surface area contributed by atoms with Crippen LogP contribution in [0.15, 0.2) is 52.1 Å². The number of aryl methyl sites for hydroxylation is 1. The number of piperidine rings is 1. The lowest BCUT2D eigenvalue weighted by molar-refractivity contribution is -0.132. The molecule has 5 nitrogen and oxygen atoms in total. The fourth-order valence-electron chi connectivity index (χ4n) is 2.99. The summed E-state index contributed by atoms with van der Waals surface area (Å²) in [7, 11) is -3.44. The average Bonchev–Trinajstić information content (AvgIpc) is 3.17. The van der Waals surface area contributed by atoms with Gasteiger partial charge in [0.15, 0.2) is 0 Å². The van der Waals surface area contributed by atoms with E-state index in [4.69, 9.17) is 0 Å².